The lowest BCUT2D eigenvalue weighted by Crippen LogP contribution is -2.23. The summed E-state index contributed by atoms with van der Waals surface area (Å²) in [6.07, 6.45) is 0. The van der Waals surface area contributed by atoms with Gasteiger partial charge in [0, 0.05) is 23.4 Å². The molecule has 1 unspecified atom stereocenters. The molecule has 0 aliphatic carbocycles. The van der Waals surface area contributed by atoms with Crippen LogP contribution >= 0.6 is 23.1 Å². The zero-order chi connectivity index (χ0) is 22.9. The number of benzene rings is 2. The minimum atomic E-state index is -0.397. The Morgan fingerprint density at radius 1 is 1.18 bits per heavy atom. The van der Waals surface area contributed by atoms with Crippen molar-refractivity contribution in [3.63, 3.8) is 0 Å². The molecule has 7 nitrogen and oxygen atoms in total. The molecule has 0 aliphatic heterocycles. The summed E-state index contributed by atoms with van der Waals surface area (Å²) in [5.74, 6) is 1.24. The van der Waals surface area contributed by atoms with Crippen molar-refractivity contribution in [3.05, 3.63) is 53.9 Å². The van der Waals surface area contributed by atoms with Crippen molar-refractivity contribution in [1.29, 1.82) is 0 Å². The molecule has 5 aromatic rings. The van der Waals surface area contributed by atoms with Crippen LogP contribution in [0.3, 0.4) is 0 Å². The number of furan rings is 1. The largest absolute Gasteiger partial charge is 0.495 e. The number of rotatable bonds is 7. The monoisotopic (exact) mass is 478 g/mol. The standard InChI is InChI=1S/C24H22N4O3S2/c1-4-28-22(21-10-7-11-32-21)26-27-24(28)33-14(2)23(29)25-17-13-19-16(12-20(17)30-3)15-8-5-6-9-18(15)31-19/h5-14H,4H2,1-3H3,(H,25,29). The second-order valence-corrected chi connectivity index (χ2v) is 9.68. The molecule has 0 aliphatic rings. The molecule has 0 saturated carbocycles. The fourth-order valence-electron chi connectivity index (χ4n) is 3.71. The van der Waals surface area contributed by atoms with Crippen molar-refractivity contribution in [1.82, 2.24) is 14.8 Å². The Labute approximate surface area is 198 Å². The third-order valence-electron chi connectivity index (χ3n) is 5.38. The average Bonchev–Trinajstić information content (AvgIpc) is 3.56. The maximum absolute atomic E-state index is 13.1. The van der Waals surface area contributed by atoms with Gasteiger partial charge in [-0.15, -0.1) is 21.5 Å². The number of fused-ring (bicyclic) bond motifs is 3. The second kappa shape index (κ2) is 8.92. The van der Waals surface area contributed by atoms with Crippen LogP contribution in [0.1, 0.15) is 13.8 Å². The van der Waals surface area contributed by atoms with Gasteiger partial charge in [-0.05, 0) is 37.4 Å². The molecule has 1 amide bonds. The topological polar surface area (TPSA) is 82.2 Å². The minimum absolute atomic E-state index is 0.155. The SMILES string of the molecule is CCn1c(SC(C)C(=O)Nc2cc3oc4ccccc4c3cc2OC)nnc1-c1cccs1. The number of nitrogens with zero attached hydrogens (tertiary/aromatic N) is 3. The molecule has 5 rings (SSSR count). The molecule has 1 N–H and O–H groups in total. The van der Waals surface area contributed by atoms with Gasteiger partial charge >= 0.3 is 0 Å². The minimum Gasteiger partial charge on any atom is -0.495 e. The van der Waals surface area contributed by atoms with E-state index in [0.717, 1.165) is 27.1 Å². The fourth-order valence-corrected chi connectivity index (χ4v) is 5.34. The number of ether oxygens (including phenoxy) is 1. The molecule has 168 valence electrons. The van der Waals surface area contributed by atoms with Crippen molar-refractivity contribution < 1.29 is 13.9 Å². The van der Waals surface area contributed by atoms with E-state index in [4.69, 9.17) is 9.15 Å². The van der Waals surface area contributed by atoms with E-state index >= 15 is 0 Å². The summed E-state index contributed by atoms with van der Waals surface area (Å²) in [6.45, 7) is 4.61. The molecular formula is C24H22N4O3S2. The quantitative estimate of drug-likeness (QED) is 0.287. The van der Waals surface area contributed by atoms with Gasteiger partial charge in [0.15, 0.2) is 11.0 Å². The number of aromatic nitrogens is 3. The Hall–Kier alpha value is -3.30. The van der Waals surface area contributed by atoms with Crippen LogP contribution in [0.2, 0.25) is 0 Å². The first-order valence-electron chi connectivity index (χ1n) is 10.5. The maximum atomic E-state index is 13.1. The first kappa shape index (κ1) is 21.5. The number of nitrogens with one attached hydrogen (secondary N) is 1. The van der Waals surface area contributed by atoms with Gasteiger partial charge in [-0.1, -0.05) is 36.0 Å². The summed E-state index contributed by atoms with van der Waals surface area (Å²) < 4.78 is 13.6. The summed E-state index contributed by atoms with van der Waals surface area (Å²) in [4.78, 5) is 14.1. The van der Waals surface area contributed by atoms with E-state index in [1.54, 1.807) is 18.4 Å². The van der Waals surface area contributed by atoms with Gasteiger partial charge in [0.1, 0.15) is 16.9 Å². The van der Waals surface area contributed by atoms with Crippen LogP contribution in [0, 0.1) is 0 Å². The van der Waals surface area contributed by atoms with Crippen molar-refractivity contribution in [2.45, 2.75) is 30.8 Å². The number of thiophene rings is 1. The highest BCUT2D eigenvalue weighted by atomic mass is 32.2. The normalized spacial score (nSPS) is 12.3. The second-order valence-electron chi connectivity index (χ2n) is 7.42. The number of para-hydroxylation sites is 1. The highest BCUT2D eigenvalue weighted by Gasteiger charge is 2.22. The maximum Gasteiger partial charge on any atom is 0.237 e. The number of thioether (sulfide) groups is 1. The molecular weight excluding hydrogens is 456 g/mol. The van der Waals surface area contributed by atoms with E-state index in [1.165, 1.54) is 11.8 Å². The van der Waals surface area contributed by atoms with Gasteiger partial charge in [0.2, 0.25) is 5.91 Å². The number of carbonyl (C=O) groups excluding carboxylic acids is 1. The van der Waals surface area contributed by atoms with E-state index in [2.05, 4.69) is 15.5 Å². The van der Waals surface area contributed by atoms with Crippen LogP contribution < -0.4 is 10.1 Å². The number of methoxy groups -OCH3 is 1. The zero-order valence-corrected chi connectivity index (χ0v) is 20.0. The first-order valence-corrected chi connectivity index (χ1v) is 12.3. The molecule has 0 saturated heterocycles. The lowest BCUT2D eigenvalue weighted by Gasteiger charge is -2.14. The van der Waals surface area contributed by atoms with E-state index in [0.29, 0.717) is 28.7 Å². The van der Waals surface area contributed by atoms with Gasteiger partial charge in [-0.3, -0.25) is 4.79 Å². The van der Waals surface area contributed by atoms with Crippen LogP contribution in [-0.2, 0) is 11.3 Å². The van der Waals surface area contributed by atoms with Crippen molar-refractivity contribution >= 4 is 56.6 Å². The van der Waals surface area contributed by atoms with Crippen LogP contribution in [-0.4, -0.2) is 33.0 Å². The van der Waals surface area contributed by atoms with Crippen molar-refractivity contribution in [3.8, 4) is 16.5 Å². The van der Waals surface area contributed by atoms with Gasteiger partial charge in [0.05, 0.1) is 22.9 Å². The summed E-state index contributed by atoms with van der Waals surface area (Å²) >= 11 is 3.00. The molecule has 0 fully saturated rings. The van der Waals surface area contributed by atoms with Crippen LogP contribution in [0.15, 0.2) is 63.5 Å². The highest BCUT2D eigenvalue weighted by molar-refractivity contribution is 8.00. The Balaban J connectivity index is 1.39. The third-order valence-corrected chi connectivity index (χ3v) is 7.33. The number of amides is 1. The summed E-state index contributed by atoms with van der Waals surface area (Å²) in [5, 5.41) is 16.0. The molecule has 3 aromatic heterocycles. The number of hydrogen-bond acceptors (Lipinski definition) is 7. The summed E-state index contributed by atoms with van der Waals surface area (Å²) in [5.41, 5.74) is 2.05. The molecule has 0 spiro atoms. The van der Waals surface area contributed by atoms with Crippen LogP contribution in [0.5, 0.6) is 5.75 Å². The summed E-state index contributed by atoms with van der Waals surface area (Å²) in [6, 6.07) is 15.6. The number of carbonyl (C=O) groups is 1. The van der Waals surface area contributed by atoms with Crippen molar-refractivity contribution in [2.24, 2.45) is 0 Å². The summed E-state index contributed by atoms with van der Waals surface area (Å²) in [7, 11) is 1.59. The predicted octanol–water partition coefficient (Wildman–Crippen LogP) is 6.05. The lowest BCUT2D eigenvalue weighted by molar-refractivity contribution is -0.115. The third kappa shape index (κ3) is 3.98. The van der Waals surface area contributed by atoms with E-state index in [1.807, 2.05) is 72.3 Å². The molecule has 33 heavy (non-hydrogen) atoms. The first-order chi connectivity index (χ1) is 16.1. The van der Waals surface area contributed by atoms with Gasteiger partial charge in [-0.2, -0.15) is 0 Å². The lowest BCUT2D eigenvalue weighted by atomic mass is 10.1. The predicted molar refractivity (Wildman–Crippen MR) is 133 cm³/mol. The van der Waals surface area contributed by atoms with E-state index < -0.39 is 5.25 Å². The molecule has 0 radical (unpaired) electrons. The molecule has 0 bridgehead atoms. The highest BCUT2D eigenvalue weighted by Crippen LogP contribution is 2.37. The van der Waals surface area contributed by atoms with E-state index in [-0.39, 0.29) is 5.91 Å². The van der Waals surface area contributed by atoms with Crippen LogP contribution in [0.4, 0.5) is 5.69 Å². The zero-order valence-electron chi connectivity index (χ0n) is 18.4. The van der Waals surface area contributed by atoms with Crippen LogP contribution in [0.25, 0.3) is 32.6 Å². The fraction of sp³-hybridized carbons (Fsp3) is 0.208. The molecule has 3 heterocycles. The number of anilines is 1. The Bertz CT molecular complexity index is 1440. The molecule has 2 aromatic carbocycles. The smallest absolute Gasteiger partial charge is 0.237 e. The Kier molecular flexibility index (Phi) is 5.82. The van der Waals surface area contributed by atoms with Gasteiger partial charge < -0.3 is 19.0 Å². The average molecular weight is 479 g/mol. The van der Waals surface area contributed by atoms with Crippen molar-refractivity contribution in [2.75, 3.05) is 12.4 Å². The number of hydrogen-bond donors (Lipinski definition) is 1. The van der Waals surface area contributed by atoms with E-state index in [9.17, 15) is 4.79 Å². The molecule has 1 atom stereocenters. The van der Waals surface area contributed by atoms with Gasteiger partial charge in [-0.25, -0.2) is 0 Å². The molecule has 9 heteroatoms. The Morgan fingerprint density at radius 2 is 2.03 bits per heavy atom. The van der Waals surface area contributed by atoms with Gasteiger partial charge in [0.25, 0.3) is 0 Å². The Morgan fingerprint density at radius 3 is 2.79 bits per heavy atom.